The predicted octanol–water partition coefficient (Wildman–Crippen LogP) is 0.0863. The van der Waals surface area contributed by atoms with Crippen molar-refractivity contribution < 1.29 is 19.8 Å². The van der Waals surface area contributed by atoms with E-state index in [0.29, 0.717) is 6.54 Å². The fourth-order valence-corrected chi connectivity index (χ4v) is 1.98. The average Bonchev–Trinajstić information content (AvgIpc) is 2.72. The number of aliphatic hydroxyl groups excluding tert-OH is 1. The van der Waals surface area contributed by atoms with Gasteiger partial charge in [-0.2, -0.15) is 0 Å². The number of aryl methyl sites for hydroxylation is 1. The van der Waals surface area contributed by atoms with E-state index in [0.717, 1.165) is 9.88 Å². The molecule has 0 aliphatic heterocycles. The Morgan fingerprint density at radius 3 is 2.78 bits per heavy atom. The van der Waals surface area contributed by atoms with Gasteiger partial charge >= 0.3 is 12.0 Å². The van der Waals surface area contributed by atoms with E-state index in [4.69, 9.17) is 10.2 Å². The summed E-state index contributed by atoms with van der Waals surface area (Å²) in [5.74, 6) is -1.17. The van der Waals surface area contributed by atoms with Crippen LogP contribution in [0.15, 0.2) is 6.20 Å². The smallest absolute Gasteiger partial charge is 0.326 e. The van der Waals surface area contributed by atoms with E-state index in [1.54, 1.807) is 6.20 Å². The van der Waals surface area contributed by atoms with Crippen LogP contribution in [0.5, 0.6) is 0 Å². The second kappa shape index (κ2) is 6.92. The van der Waals surface area contributed by atoms with Crippen LogP contribution in [0.4, 0.5) is 4.79 Å². The Morgan fingerprint density at radius 2 is 2.28 bits per heavy atom. The highest BCUT2D eigenvalue weighted by atomic mass is 32.1. The quantitative estimate of drug-likeness (QED) is 0.587. The fraction of sp³-hybridized carbons (Fsp3) is 0.500. The van der Waals surface area contributed by atoms with Gasteiger partial charge in [0.05, 0.1) is 11.6 Å². The first-order valence-corrected chi connectivity index (χ1v) is 6.14. The molecule has 1 atom stereocenters. The van der Waals surface area contributed by atoms with Gasteiger partial charge in [-0.15, -0.1) is 11.3 Å². The Morgan fingerprint density at radius 1 is 1.56 bits per heavy atom. The minimum absolute atomic E-state index is 0.0254. The standard InChI is InChI=1S/C10H15N3O4S/c1-6-11-4-7(18-6)5-12-10(17)13-8(2-3-14)9(15)16/h4,8,14H,2-3,5H2,1H3,(H,15,16)(H2,12,13,17)/t8-/m0/s1. The van der Waals surface area contributed by atoms with Crippen molar-refractivity contribution in [2.24, 2.45) is 0 Å². The fourth-order valence-electron chi connectivity index (χ4n) is 1.25. The first kappa shape index (κ1) is 14.4. The van der Waals surface area contributed by atoms with Crippen LogP contribution >= 0.6 is 11.3 Å². The van der Waals surface area contributed by atoms with Gasteiger partial charge in [0.15, 0.2) is 0 Å². The SMILES string of the molecule is Cc1ncc(CNC(=O)N[C@@H](CCO)C(=O)O)s1. The lowest BCUT2D eigenvalue weighted by molar-refractivity contribution is -0.139. The van der Waals surface area contributed by atoms with E-state index >= 15 is 0 Å². The summed E-state index contributed by atoms with van der Waals surface area (Å²) in [5.41, 5.74) is 0. The van der Waals surface area contributed by atoms with Gasteiger partial charge in [0.1, 0.15) is 6.04 Å². The molecule has 18 heavy (non-hydrogen) atoms. The molecule has 0 fully saturated rings. The maximum absolute atomic E-state index is 11.4. The van der Waals surface area contributed by atoms with Crippen molar-refractivity contribution in [3.8, 4) is 0 Å². The number of carbonyl (C=O) groups excluding carboxylic acids is 1. The molecular weight excluding hydrogens is 258 g/mol. The van der Waals surface area contributed by atoms with E-state index in [1.807, 2.05) is 6.92 Å². The molecule has 7 nitrogen and oxygen atoms in total. The van der Waals surface area contributed by atoms with Crippen molar-refractivity contribution in [3.63, 3.8) is 0 Å². The molecule has 0 aromatic carbocycles. The minimum Gasteiger partial charge on any atom is -0.480 e. The number of hydrogen-bond donors (Lipinski definition) is 4. The number of carboxylic acid groups (broad SMARTS) is 1. The lowest BCUT2D eigenvalue weighted by Crippen LogP contribution is -2.46. The van der Waals surface area contributed by atoms with Crippen molar-refractivity contribution in [1.29, 1.82) is 0 Å². The van der Waals surface area contributed by atoms with Gasteiger partial charge in [0.2, 0.25) is 0 Å². The molecule has 0 unspecified atom stereocenters. The number of nitrogens with one attached hydrogen (secondary N) is 2. The van der Waals surface area contributed by atoms with Crippen LogP contribution in [0, 0.1) is 6.92 Å². The zero-order valence-corrected chi connectivity index (χ0v) is 10.7. The number of nitrogens with zero attached hydrogens (tertiary/aromatic N) is 1. The van der Waals surface area contributed by atoms with Gasteiger partial charge in [-0.1, -0.05) is 0 Å². The number of thiazole rings is 1. The summed E-state index contributed by atoms with van der Waals surface area (Å²) >= 11 is 1.46. The molecule has 0 saturated carbocycles. The zero-order valence-electron chi connectivity index (χ0n) is 9.84. The molecule has 1 rings (SSSR count). The molecule has 1 aromatic rings. The monoisotopic (exact) mass is 273 g/mol. The normalized spacial score (nSPS) is 11.9. The number of amides is 2. The Hall–Kier alpha value is -1.67. The summed E-state index contributed by atoms with van der Waals surface area (Å²) < 4.78 is 0. The lowest BCUT2D eigenvalue weighted by atomic mass is 10.2. The largest absolute Gasteiger partial charge is 0.480 e. The third kappa shape index (κ3) is 4.68. The van der Waals surface area contributed by atoms with E-state index in [2.05, 4.69) is 15.6 Å². The summed E-state index contributed by atoms with van der Waals surface area (Å²) in [6.45, 7) is 1.85. The molecule has 100 valence electrons. The highest BCUT2D eigenvalue weighted by Crippen LogP contribution is 2.10. The molecule has 0 aliphatic carbocycles. The number of aliphatic carboxylic acids is 1. The average molecular weight is 273 g/mol. The van der Waals surface area contributed by atoms with Crippen molar-refractivity contribution in [2.75, 3.05) is 6.61 Å². The maximum atomic E-state index is 11.4. The van der Waals surface area contributed by atoms with Gasteiger partial charge < -0.3 is 20.8 Å². The molecule has 2 amide bonds. The number of hydrogen-bond acceptors (Lipinski definition) is 5. The number of carboxylic acids is 1. The molecule has 1 aromatic heterocycles. The maximum Gasteiger partial charge on any atom is 0.326 e. The molecule has 0 spiro atoms. The van der Waals surface area contributed by atoms with Crippen LogP contribution in [0.1, 0.15) is 16.3 Å². The van der Waals surface area contributed by atoms with Gasteiger partial charge in [-0.25, -0.2) is 14.6 Å². The van der Waals surface area contributed by atoms with Crippen LogP contribution in [0.25, 0.3) is 0 Å². The summed E-state index contributed by atoms with van der Waals surface area (Å²) in [7, 11) is 0. The highest BCUT2D eigenvalue weighted by Gasteiger charge is 2.18. The molecule has 0 aliphatic rings. The summed E-state index contributed by atoms with van der Waals surface area (Å²) in [4.78, 5) is 27.1. The van der Waals surface area contributed by atoms with E-state index in [1.165, 1.54) is 11.3 Å². The third-order valence-corrected chi connectivity index (χ3v) is 3.03. The minimum atomic E-state index is -1.17. The highest BCUT2D eigenvalue weighted by molar-refractivity contribution is 7.11. The van der Waals surface area contributed by atoms with Crippen molar-refractivity contribution in [1.82, 2.24) is 15.6 Å². The first-order chi connectivity index (χ1) is 8.52. The van der Waals surface area contributed by atoms with Crippen LogP contribution in [-0.2, 0) is 11.3 Å². The number of aromatic nitrogens is 1. The van der Waals surface area contributed by atoms with Crippen LogP contribution in [0.3, 0.4) is 0 Å². The van der Waals surface area contributed by atoms with Crippen molar-refractivity contribution >= 4 is 23.3 Å². The van der Waals surface area contributed by atoms with E-state index in [-0.39, 0.29) is 13.0 Å². The Bertz CT molecular complexity index is 421. The molecule has 4 N–H and O–H groups in total. The number of urea groups is 1. The lowest BCUT2D eigenvalue weighted by Gasteiger charge is -2.13. The number of rotatable bonds is 6. The zero-order chi connectivity index (χ0) is 13.5. The third-order valence-electron chi connectivity index (χ3n) is 2.11. The van der Waals surface area contributed by atoms with Gasteiger partial charge in [0, 0.05) is 24.1 Å². The van der Waals surface area contributed by atoms with Gasteiger partial charge in [-0.05, 0) is 6.92 Å². The van der Waals surface area contributed by atoms with Crippen LogP contribution in [-0.4, -0.2) is 39.8 Å². The topological polar surface area (TPSA) is 112 Å². The Kier molecular flexibility index (Phi) is 5.53. The Balaban J connectivity index is 2.38. The molecule has 0 saturated heterocycles. The summed E-state index contributed by atoms with van der Waals surface area (Å²) in [5, 5.41) is 23.1. The Labute approximate surface area is 108 Å². The number of aliphatic hydroxyl groups is 1. The van der Waals surface area contributed by atoms with Crippen LogP contribution in [0.2, 0.25) is 0 Å². The summed E-state index contributed by atoms with van der Waals surface area (Å²) in [6, 6.07) is -1.67. The van der Waals surface area contributed by atoms with Crippen molar-refractivity contribution in [3.05, 3.63) is 16.1 Å². The molecular formula is C10H15N3O4S. The molecule has 1 heterocycles. The first-order valence-electron chi connectivity index (χ1n) is 5.32. The second-order valence-corrected chi connectivity index (χ2v) is 4.90. The van der Waals surface area contributed by atoms with Gasteiger partial charge in [0.25, 0.3) is 0 Å². The summed E-state index contributed by atoms with van der Waals surface area (Å²) in [6.07, 6.45) is 1.63. The van der Waals surface area contributed by atoms with Gasteiger partial charge in [-0.3, -0.25) is 0 Å². The second-order valence-electron chi connectivity index (χ2n) is 3.58. The van der Waals surface area contributed by atoms with Crippen LogP contribution < -0.4 is 10.6 Å². The van der Waals surface area contributed by atoms with E-state index in [9.17, 15) is 9.59 Å². The molecule has 8 heteroatoms. The molecule has 0 radical (unpaired) electrons. The van der Waals surface area contributed by atoms with Crippen molar-refractivity contribution in [2.45, 2.75) is 25.9 Å². The number of carbonyl (C=O) groups is 2. The predicted molar refractivity (Wildman–Crippen MR) is 65.3 cm³/mol. The van der Waals surface area contributed by atoms with E-state index < -0.39 is 18.0 Å². The molecule has 0 bridgehead atoms.